The molecule has 0 fully saturated rings. The Kier molecular flexibility index (Phi) is 10.1. The monoisotopic (exact) mass is 542 g/mol. The Morgan fingerprint density at radius 1 is 1.16 bits per heavy atom. The number of hydrogen-bond donors (Lipinski definition) is 1. The number of nitrogens with zero attached hydrogens (tertiary/aromatic N) is 2. The van der Waals surface area contributed by atoms with Gasteiger partial charge in [0.2, 0.25) is 0 Å². The topological polar surface area (TPSA) is 59.0 Å². The molecule has 4 rings (SSSR count). The van der Waals surface area contributed by atoms with Crippen LogP contribution in [0.25, 0.3) is 0 Å². The first kappa shape index (κ1) is 27.7. The molecule has 1 aliphatic carbocycles. The van der Waals surface area contributed by atoms with E-state index in [1.807, 2.05) is 30.3 Å². The van der Waals surface area contributed by atoms with E-state index in [1.54, 1.807) is 6.07 Å². The highest BCUT2D eigenvalue weighted by molar-refractivity contribution is 7.75. The normalized spacial score (nSPS) is 22.7. The molecule has 0 aromatic heterocycles. The molecule has 200 valence electrons. The zero-order valence-corrected chi connectivity index (χ0v) is 23.6. The van der Waals surface area contributed by atoms with Gasteiger partial charge in [-0.1, -0.05) is 48.7 Å². The van der Waals surface area contributed by atoms with Crippen molar-refractivity contribution in [2.75, 3.05) is 30.3 Å². The number of allylic oxidation sites excluding steroid dienone is 2. The van der Waals surface area contributed by atoms with Crippen LogP contribution in [0, 0.1) is 11.8 Å². The fourth-order valence-electron chi connectivity index (χ4n) is 5.18. The van der Waals surface area contributed by atoms with E-state index in [0.717, 1.165) is 74.5 Å². The number of ether oxygens (including phenoxy) is 1. The summed E-state index contributed by atoms with van der Waals surface area (Å²) >= 11 is 6.10. The molecule has 0 N–H and O–H groups in total. The first-order chi connectivity index (χ1) is 18.0. The third kappa shape index (κ3) is 7.61. The largest absolute Gasteiger partial charge is 0.491 e. The molecule has 1 aliphatic heterocycles. The van der Waals surface area contributed by atoms with E-state index in [1.165, 1.54) is 11.1 Å². The quantitative estimate of drug-likeness (QED) is 0.219. The van der Waals surface area contributed by atoms with Crippen molar-refractivity contribution in [3.8, 4) is 5.75 Å². The van der Waals surface area contributed by atoms with Gasteiger partial charge in [0.1, 0.15) is 5.75 Å². The second kappa shape index (κ2) is 13.5. The van der Waals surface area contributed by atoms with Crippen molar-refractivity contribution in [2.24, 2.45) is 16.2 Å². The Hall–Kier alpha value is -2.31. The highest BCUT2D eigenvalue weighted by Gasteiger charge is 2.25. The van der Waals surface area contributed by atoms with Gasteiger partial charge in [-0.05, 0) is 93.2 Å². The molecule has 0 radical (unpaired) electrons. The molecule has 2 aromatic carbocycles. The van der Waals surface area contributed by atoms with Crippen LogP contribution in [0.3, 0.4) is 0 Å². The van der Waals surface area contributed by atoms with Crippen LogP contribution < -0.4 is 9.64 Å². The van der Waals surface area contributed by atoms with Crippen LogP contribution in [0.15, 0.2) is 58.5 Å². The fourth-order valence-corrected chi connectivity index (χ4v) is 6.55. The Labute approximate surface area is 228 Å². The van der Waals surface area contributed by atoms with Crippen LogP contribution in [0.5, 0.6) is 5.75 Å². The highest BCUT2D eigenvalue weighted by atomic mass is 35.5. The molecule has 0 saturated heterocycles. The summed E-state index contributed by atoms with van der Waals surface area (Å²) in [6.45, 7) is 6.71. The molecule has 2 bridgehead atoms. The predicted octanol–water partition coefficient (Wildman–Crippen LogP) is 7.14. The van der Waals surface area contributed by atoms with Crippen molar-refractivity contribution in [2.45, 2.75) is 58.8 Å². The maximum Gasteiger partial charge on any atom is 0.284 e. The number of fused-ring (bicyclic) bond motifs is 3. The van der Waals surface area contributed by atoms with E-state index in [9.17, 15) is 9.00 Å². The number of amides is 1. The van der Waals surface area contributed by atoms with Gasteiger partial charge in [0.25, 0.3) is 5.91 Å². The van der Waals surface area contributed by atoms with E-state index in [4.69, 9.17) is 16.3 Å². The zero-order chi connectivity index (χ0) is 26.2. The van der Waals surface area contributed by atoms with Crippen LogP contribution in [0.4, 0.5) is 5.69 Å². The number of aryl methyl sites for hydroxylation is 1. The molecule has 7 heteroatoms. The smallest absolute Gasteiger partial charge is 0.284 e. The highest BCUT2D eigenvalue weighted by Crippen LogP contribution is 2.36. The van der Waals surface area contributed by atoms with Gasteiger partial charge in [-0.15, -0.1) is 0 Å². The third-order valence-corrected chi connectivity index (χ3v) is 9.00. The van der Waals surface area contributed by atoms with Crippen molar-refractivity contribution in [1.82, 2.24) is 0 Å². The molecule has 2 aromatic rings. The lowest BCUT2D eigenvalue weighted by Crippen LogP contribution is -2.28. The molecule has 1 unspecified atom stereocenters. The Bertz CT molecular complexity index is 1210. The lowest BCUT2D eigenvalue weighted by molar-refractivity contribution is 0.100. The number of carbonyl (C=O) groups is 1. The summed E-state index contributed by atoms with van der Waals surface area (Å²) in [5.74, 6) is 1.76. The first-order valence-corrected chi connectivity index (χ1v) is 15.4. The molecular formula is C30H39ClN2O3S. The second-order valence-corrected chi connectivity index (χ2v) is 11.8. The third-order valence-electron chi connectivity index (χ3n) is 7.61. The van der Waals surface area contributed by atoms with Crippen molar-refractivity contribution >= 4 is 33.8 Å². The minimum absolute atomic E-state index is 0.310. The summed E-state index contributed by atoms with van der Waals surface area (Å²) in [7, 11) is -1.92. The van der Waals surface area contributed by atoms with E-state index < -0.39 is 16.5 Å². The van der Waals surface area contributed by atoms with Crippen molar-refractivity contribution in [3.63, 3.8) is 0 Å². The number of hydrogen-bond acceptors (Lipinski definition) is 4. The zero-order valence-electron chi connectivity index (χ0n) is 22.0. The van der Waals surface area contributed by atoms with Crippen LogP contribution in [0.1, 0.15) is 68.3 Å². The summed E-state index contributed by atoms with van der Waals surface area (Å²) in [5.41, 5.74) is 4.02. The van der Waals surface area contributed by atoms with Gasteiger partial charge in [0.05, 0.1) is 12.3 Å². The van der Waals surface area contributed by atoms with Crippen molar-refractivity contribution in [1.29, 1.82) is 0 Å². The number of carbonyl (C=O) groups excluding carboxylic acids is 1. The second-order valence-electron chi connectivity index (χ2n) is 10.1. The number of halogens is 1. The molecule has 2 aliphatic rings. The molecule has 3 atom stereocenters. The number of rotatable bonds is 8. The summed E-state index contributed by atoms with van der Waals surface area (Å²) < 4.78 is 23.0. The molecular weight excluding hydrogens is 504 g/mol. The minimum atomic E-state index is -1.92. The lowest BCUT2D eigenvalue weighted by atomic mass is 9.79. The van der Waals surface area contributed by atoms with Crippen molar-refractivity contribution < 1.29 is 13.7 Å². The number of benzene rings is 2. The van der Waals surface area contributed by atoms with Gasteiger partial charge in [0, 0.05) is 40.0 Å². The molecule has 0 saturated carbocycles. The molecule has 37 heavy (non-hydrogen) atoms. The maximum atomic E-state index is 12.9. The van der Waals surface area contributed by atoms with Crippen LogP contribution in [0.2, 0.25) is 5.02 Å². The van der Waals surface area contributed by atoms with Crippen LogP contribution >= 0.6 is 11.6 Å². The minimum Gasteiger partial charge on any atom is -0.491 e. The maximum absolute atomic E-state index is 12.9. The Balaban J connectivity index is 1.49. The van der Waals surface area contributed by atoms with E-state index in [0.29, 0.717) is 29.8 Å². The molecule has 1 amide bonds. The summed E-state index contributed by atoms with van der Waals surface area (Å²) in [6, 6.07) is 13.5. The Morgan fingerprint density at radius 2 is 2.03 bits per heavy atom. The van der Waals surface area contributed by atoms with Crippen molar-refractivity contribution in [3.05, 3.63) is 70.3 Å². The van der Waals surface area contributed by atoms with Gasteiger partial charge in [-0.25, -0.2) is 0 Å². The standard InChI is InChI=1S/C30H39ClN2O3S/c1-3-22-15-16-33(4-2)28-20-25(30(34)32-37(35)21-26-12-11-24(26)18-22)13-14-29(28)36-17-6-5-8-23-9-7-10-27(31)19-23/h7,9-11,13-14,19-20,22,26,37H,3-6,8,12,15-18,21H2,1-2H3/t22-,26+/m1/s1. The van der Waals surface area contributed by atoms with Crippen LogP contribution in [-0.4, -0.2) is 35.6 Å². The number of unbranched alkanes of at least 4 members (excludes halogenated alkanes) is 1. The fraction of sp³-hybridized carbons (Fsp3) is 0.500. The summed E-state index contributed by atoms with van der Waals surface area (Å²) in [4.78, 5) is 15.2. The molecule has 0 spiro atoms. The van der Waals surface area contributed by atoms with E-state index in [2.05, 4.69) is 35.3 Å². The average molecular weight is 543 g/mol. The Morgan fingerprint density at radius 3 is 2.76 bits per heavy atom. The van der Waals surface area contributed by atoms with Gasteiger partial charge in [0.15, 0.2) is 0 Å². The molecule has 1 heterocycles. The van der Waals surface area contributed by atoms with E-state index in [-0.39, 0.29) is 0 Å². The van der Waals surface area contributed by atoms with Gasteiger partial charge in [-0.2, -0.15) is 4.36 Å². The SMILES string of the molecule is CC[C@@H]1CCN(CC)c2cc(ccc2OCCCCc2cccc(Cl)c2)C(=O)/N=[SH](=O)\C[C@@H]2CC=C2C1. The van der Waals surface area contributed by atoms with Gasteiger partial charge in [-0.3, -0.25) is 9.00 Å². The summed E-state index contributed by atoms with van der Waals surface area (Å²) in [6.07, 6.45) is 9.35. The number of thiol groups is 1. The van der Waals surface area contributed by atoms with E-state index >= 15 is 0 Å². The van der Waals surface area contributed by atoms with Crippen LogP contribution in [-0.2, 0) is 17.0 Å². The first-order valence-electron chi connectivity index (χ1n) is 13.6. The van der Waals surface area contributed by atoms with Gasteiger partial charge >= 0.3 is 0 Å². The predicted molar refractivity (Wildman–Crippen MR) is 155 cm³/mol. The molecule has 5 nitrogen and oxygen atoms in total. The van der Waals surface area contributed by atoms with Gasteiger partial charge < -0.3 is 9.64 Å². The average Bonchev–Trinajstić information content (AvgIpc) is 2.88. The lowest BCUT2D eigenvalue weighted by Gasteiger charge is -2.31. The summed E-state index contributed by atoms with van der Waals surface area (Å²) in [5, 5.41) is 0.768. The number of anilines is 1.